The summed E-state index contributed by atoms with van der Waals surface area (Å²) in [4.78, 5) is 15.3. The van der Waals surface area contributed by atoms with Crippen LogP contribution >= 0.6 is 23.2 Å². The number of ether oxygens (including phenoxy) is 1. The quantitative estimate of drug-likeness (QED) is 0.676. The topological polar surface area (TPSA) is 29.5 Å². The molecule has 2 aliphatic rings. The van der Waals surface area contributed by atoms with Crippen molar-refractivity contribution in [2.45, 2.75) is 38.1 Å². The highest BCUT2D eigenvalue weighted by Crippen LogP contribution is 2.41. The second-order valence-electron chi connectivity index (χ2n) is 7.39. The highest BCUT2D eigenvalue weighted by atomic mass is 35.5. The minimum absolute atomic E-state index is 0.0142. The number of rotatable bonds is 4. The Morgan fingerprint density at radius 1 is 1.19 bits per heavy atom. The molecule has 3 nitrogen and oxygen atoms in total. The summed E-state index contributed by atoms with van der Waals surface area (Å²) in [5.74, 6) is 1.16. The smallest absolute Gasteiger partial charge is 0.226 e. The Labute approximate surface area is 170 Å². The predicted octanol–water partition coefficient (Wildman–Crippen LogP) is 5.47. The van der Waals surface area contributed by atoms with Gasteiger partial charge in [-0.3, -0.25) is 4.79 Å². The molecule has 2 atom stereocenters. The number of nitrogens with zero attached hydrogens (tertiary/aromatic N) is 1. The van der Waals surface area contributed by atoms with Crippen molar-refractivity contribution in [2.24, 2.45) is 5.92 Å². The molecule has 0 saturated carbocycles. The lowest BCUT2D eigenvalue weighted by atomic mass is 9.86. The second-order valence-corrected chi connectivity index (χ2v) is 8.24. The van der Waals surface area contributed by atoms with Gasteiger partial charge in [-0.05, 0) is 67.0 Å². The molecule has 1 aliphatic carbocycles. The Balaban J connectivity index is 1.55. The first-order valence-corrected chi connectivity index (χ1v) is 10.2. The van der Waals surface area contributed by atoms with E-state index in [1.54, 1.807) is 13.2 Å². The van der Waals surface area contributed by atoms with Crippen molar-refractivity contribution in [2.75, 3.05) is 13.7 Å². The molecular formula is C22H23Cl2NO2. The molecule has 1 heterocycles. The first-order chi connectivity index (χ1) is 13.1. The Kier molecular flexibility index (Phi) is 5.34. The van der Waals surface area contributed by atoms with Gasteiger partial charge in [-0.15, -0.1) is 0 Å². The van der Waals surface area contributed by atoms with Gasteiger partial charge in [-0.1, -0.05) is 41.4 Å². The van der Waals surface area contributed by atoms with E-state index in [9.17, 15) is 4.79 Å². The number of methoxy groups -OCH3 is 1. The minimum Gasteiger partial charge on any atom is -0.496 e. The molecule has 1 fully saturated rings. The molecule has 0 aromatic heterocycles. The third-order valence-electron chi connectivity index (χ3n) is 5.86. The number of halogens is 2. The summed E-state index contributed by atoms with van der Waals surface area (Å²) in [6.07, 6.45) is 4.65. The molecule has 4 rings (SSSR count). The Hall–Kier alpha value is -1.71. The molecule has 27 heavy (non-hydrogen) atoms. The van der Waals surface area contributed by atoms with E-state index in [1.807, 2.05) is 24.3 Å². The summed E-state index contributed by atoms with van der Waals surface area (Å²) < 4.78 is 5.54. The van der Waals surface area contributed by atoms with Gasteiger partial charge in [-0.2, -0.15) is 0 Å². The Morgan fingerprint density at radius 3 is 2.81 bits per heavy atom. The number of carbonyl (C=O) groups excluding carboxylic acids is 1. The zero-order valence-corrected chi connectivity index (χ0v) is 16.9. The van der Waals surface area contributed by atoms with Gasteiger partial charge in [0.25, 0.3) is 0 Å². The van der Waals surface area contributed by atoms with Crippen molar-refractivity contribution in [3.63, 3.8) is 0 Å². The molecule has 2 aromatic carbocycles. The molecule has 2 unspecified atom stereocenters. The van der Waals surface area contributed by atoms with Crippen LogP contribution in [0.5, 0.6) is 5.75 Å². The molecule has 142 valence electrons. The molecule has 0 bridgehead atoms. The van der Waals surface area contributed by atoms with Crippen molar-refractivity contribution in [3.05, 3.63) is 63.1 Å². The zero-order chi connectivity index (χ0) is 19.0. The maximum atomic E-state index is 13.2. The number of hydrogen-bond donors (Lipinski definition) is 0. The predicted molar refractivity (Wildman–Crippen MR) is 109 cm³/mol. The van der Waals surface area contributed by atoms with Crippen LogP contribution in [0.3, 0.4) is 0 Å². The molecule has 2 aromatic rings. The van der Waals surface area contributed by atoms with Crippen LogP contribution in [0.15, 0.2) is 36.4 Å². The summed E-state index contributed by atoms with van der Waals surface area (Å²) in [6.45, 7) is 0.802. The molecule has 1 saturated heterocycles. The van der Waals surface area contributed by atoms with Crippen LogP contribution in [0.4, 0.5) is 0 Å². The lowest BCUT2D eigenvalue weighted by Crippen LogP contribution is -2.34. The van der Waals surface area contributed by atoms with Crippen molar-refractivity contribution in [3.8, 4) is 5.75 Å². The van der Waals surface area contributed by atoms with Gasteiger partial charge in [-0.25, -0.2) is 0 Å². The summed E-state index contributed by atoms with van der Waals surface area (Å²) >= 11 is 12.3. The number of carbonyl (C=O) groups is 1. The Morgan fingerprint density at radius 2 is 2.04 bits per heavy atom. The molecule has 1 amide bonds. The highest BCUT2D eigenvalue weighted by molar-refractivity contribution is 6.35. The van der Waals surface area contributed by atoms with E-state index in [-0.39, 0.29) is 17.9 Å². The van der Waals surface area contributed by atoms with Crippen LogP contribution in [0.2, 0.25) is 10.0 Å². The average Bonchev–Trinajstić information content (AvgIpc) is 3.03. The maximum absolute atomic E-state index is 13.2. The van der Waals surface area contributed by atoms with Crippen LogP contribution in [-0.4, -0.2) is 24.5 Å². The van der Waals surface area contributed by atoms with Gasteiger partial charge in [0.1, 0.15) is 5.75 Å². The number of likely N-dealkylation sites (tertiary alicyclic amines) is 1. The summed E-state index contributed by atoms with van der Waals surface area (Å²) in [7, 11) is 1.71. The van der Waals surface area contributed by atoms with Gasteiger partial charge < -0.3 is 9.64 Å². The van der Waals surface area contributed by atoms with E-state index < -0.39 is 0 Å². The van der Waals surface area contributed by atoms with Crippen LogP contribution in [-0.2, 0) is 17.6 Å². The monoisotopic (exact) mass is 403 g/mol. The molecule has 5 heteroatoms. The summed E-state index contributed by atoms with van der Waals surface area (Å²) in [6, 6.07) is 11.9. The third-order valence-corrected chi connectivity index (χ3v) is 6.45. The Bertz CT molecular complexity index is 867. The van der Waals surface area contributed by atoms with Crippen molar-refractivity contribution in [1.29, 1.82) is 0 Å². The number of hydrogen-bond acceptors (Lipinski definition) is 2. The molecular weight excluding hydrogens is 381 g/mol. The fourth-order valence-corrected chi connectivity index (χ4v) is 5.01. The molecule has 1 aliphatic heterocycles. The number of benzene rings is 2. The van der Waals surface area contributed by atoms with Crippen LogP contribution in [0.1, 0.15) is 42.0 Å². The number of fused-ring (bicyclic) bond motifs is 1. The lowest BCUT2D eigenvalue weighted by Gasteiger charge is -2.34. The maximum Gasteiger partial charge on any atom is 0.226 e. The van der Waals surface area contributed by atoms with E-state index in [2.05, 4.69) is 11.0 Å². The molecule has 0 N–H and O–H groups in total. The third kappa shape index (κ3) is 3.55. The highest BCUT2D eigenvalue weighted by Gasteiger charge is 2.38. The van der Waals surface area contributed by atoms with Gasteiger partial charge in [0.05, 0.1) is 13.2 Å². The second kappa shape index (κ2) is 7.73. The van der Waals surface area contributed by atoms with E-state index in [4.69, 9.17) is 27.9 Å². The first-order valence-electron chi connectivity index (χ1n) is 9.48. The minimum atomic E-state index is -0.0142. The summed E-state index contributed by atoms with van der Waals surface area (Å²) in [5, 5.41) is 1.26. The average molecular weight is 404 g/mol. The van der Waals surface area contributed by atoms with E-state index >= 15 is 0 Å². The van der Waals surface area contributed by atoms with E-state index in [0.29, 0.717) is 16.5 Å². The van der Waals surface area contributed by atoms with Crippen LogP contribution in [0, 0.1) is 5.92 Å². The molecule has 0 spiro atoms. The fourth-order valence-electron chi connectivity index (χ4n) is 4.52. The summed E-state index contributed by atoms with van der Waals surface area (Å²) in [5.41, 5.74) is 3.50. The van der Waals surface area contributed by atoms with E-state index in [0.717, 1.165) is 43.5 Å². The zero-order valence-electron chi connectivity index (χ0n) is 15.4. The molecule has 0 radical (unpaired) electrons. The van der Waals surface area contributed by atoms with Gasteiger partial charge in [0, 0.05) is 22.5 Å². The van der Waals surface area contributed by atoms with Crippen molar-refractivity contribution >= 4 is 29.1 Å². The van der Waals surface area contributed by atoms with Crippen LogP contribution < -0.4 is 4.74 Å². The van der Waals surface area contributed by atoms with Crippen molar-refractivity contribution in [1.82, 2.24) is 4.90 Å². The first kappa shape index (κ1) is 18.6. The SMILES string of the molecule is COc1cccc2c1CCCC2N1CCC(Cc2ccc(Cl)cc2Cl)C1=O. The van der Waals surface area contributed by atoms with Gasteiger partial charge in [0.2, 0.25) is 5.91 Å². The van der Waals surface area contributed by atoms with E-state index in [1.165, 1.54) is 11.1 Å². The van der Waals surface area contributed by atoms with Gasteiger partial charge in [0.15, 0.2) is 0 Å². The number of amides is 1. The normalized spacial score (nSPS) is 22.0. The standard InChI is InChI=1S/C22H23Cl2NO2/c1-27-21-7-3-4-17-18(21)5-2-6-20(17)25-11-10-15(22(25)26)12-14-8-9-16(23)13-19(14)24/h3-4,7-9,13,15,20H,2,5-6,10-12H2,1H3. The van der Waals surface area contributed by atoms with Gasteiger partial charge >= 0.3 is 0 Å². The fraction of sp³-hybridized carbons (Fsp3) is 0.409. The van der Waals surface area contributed by atoms with Crippen LogP contribution in [0.25, 0.3) is 0 Å². The van der Waals surface area contributed by atoms with Crippen molar-refractivity contribution < 1.29 is 9.53 Å². The largest absolute Gasteiger partial charge is 0.496 e. The lowest BCUT2D eigenvalue weighted by molar-refractivity contribution is -0.133.